The van der Waals surface area contributed by atoms with Gasteiger partial charge in [0.05, 0.1) is 34.0 Å². The van der Waals surface area contributed by atoms with Gasteiger partial charge in [0.25, 0.3) is 5.56 Å². The molecule has 200 valence electrons. The summed E-state index contributed by atoms with van der Waals surface area (Å²) >= 11 is 6.01. The molecule has 0 saturated heterocycles. The first kappa shape index (κ1) is 27.1. The Kier molecular flexibility index (Phi) is 7.87. The number of halogens is 1. The SMILES string of the molecule is CCOC(=O)C1=C(C)N=c2s/c(=C/c3cc(Br)c(Sc4nccc(C)n4)o3)c(=O)n2[C@H]1c1ccccc1OC. The Labute approximate surface area is 240 Å². The van der Waals surface area contributed by atoms with Crippen LogP contribution in [0.4, 0.5) is 0 Å². The maximum atomic E-state index is 13.8. The number of fused-ring (bicyclic) bond motifs is 1. The Morgan fingerprint density at radius 2 is 2.08 bits per heavy atom. The standard InChI is InChI=1S/C27H23BrN4O5S2/c1-5-36-24(34)21-15(3)31-27-32(22(21)17-8-6-7-9-19(17)35-4)23(33)20(38-27)13-16-12-18(28)25(37-16)39-26-29-11-10-14(2)30-26/h6-13,22H,5H2,1-4H3/b20-13+/t22-/m0/s1. The zero-order valence-corrected chi connectivity index (χ0v) is 24.6. The summed E-state index contributed by atoms with van der Waals surface area (Å²) in [5.74, 6) is 0.486. The largest absolute Gasteiger partial charge is 0.496 e. The number of hydrogen-bond acceptors (Lipinski definition) is 10. The van der Waals surface area contributed by atoms with E-state index < -0.39 is 12.0 Å². The molecule has 0 aliphatic carbocycles. The van der Waals surface area contributed by atoms with Crippen LogP contribution in [0.1, 0.15) is 36.9 Å². The number of carbonyl (C=O) groups is 1. The lowest BCUT2D eigenvalue weighted by atomic mass is 9.95. The summed E-state index contributed by atoms with van der Waals surface area (Å²) in [6, 6.07) is 10.1. The second-order valence-corrected chi connectivity index (χ2v) is 11.2. The first-order valence-electron chi connectivity index (χ1n) is 11.9. The van der Waals surface area contributed by atoms with Gasteiger partial charge < -0.3 is 13.9 Å². The molecule has 12 heteroatoms. The van der Waals surface area contributed by atoms with E-state index >= 15 is 0 Å². The lowest BCUT2D eigenvalue weighted by Gasteiger charge is -2.25. The van der Waals surface area contributed by atoms with Gasteiger partial charge in [-0.15, -0.1) is 0 Å². The van der Waals surface area contributed by atoms with E-state index in [2.05, 4.69) is 30.9 Å². The number of aryl methyl sites for hydroxylation is 1. The second-order valence-electron chi connectivity index (χ2n) is 8.41. The van der Waals surface area contributed by atoms with Crippen molar-refractivity contribution in [1.82, 2.24) is 14.5 Å². The van der Waals surface area contributed by atoms with E-state index in [-0.39, 0.29) is 17.7 Å². The smallest absolute Gasteiger partial charge is 0.338 e. The number of furan rings is 1. The third-order valence-corrected chi connectivity index (χ3v) is 8.56. The average molecular weight is 628 g/mol. The normalized spacial score (nSPS) is 15.2. The predicted octanol–water partition coefficient (Wildman–Crippen LogP) is 4.41. The van der Waals surface area contributed by atoms with Crippen LogP contribution in [0.5, 0.6) is 5.75 Å². The van der Waals surface area contributed by atoms with E-state index in [9.17, 15) is 9.59 Å². The third kappa shape index (κ3) is 5.36. The molecular weight excluding hydrogens is 604 g/mol. The number of carbonyl (C=O) groups excluding carboxylic acids is 1. The second kappa shape index (κ2) is 11.3. The number of hydrogen-bond donors (Lipinski definition) is 0. The molecule has 4 aromatic rings. The minimum Gasteiger partial charge on any atom is -0.496 e. The Morgan fingerprint density at radius 1 is 1.28 bits per heavy atom. The molecule has 39 heavy (non-hydrogen) atoms. The van der Waals surface area contributed by atoms with Gasteiger partial charge >= 0.3 is 5.97 Å². The zero-order chi connectivity index (χ0) is 27.7. The molecule has 0 amide bonds. The summed E-state index contributed by atoms with van der Waals surface area (Å²) in [5, 5.41) is 1.11. The molecule has 1 atom stereocenters. The number of esters is 1. The molecule has 1 aliphatic rings. The van der Waals surface area contributed by atoms with Gasteiger partial charge in [-0.2, -0.15) is 0 Å². The molecule has 0 fully saturated rings. The van der Waals surface area contributed by atoms with Gasteiger partial charge in [0.2, 0.25) is 0 Å². The van der Waals surface area contributed by atoms with Crippen LogP contribution in [0.2, 0.25) is 0 Å². The highest BCUT2D eigenvalue weighted by Crippen LogP contribution is 2.36. The van der Waals surface area contributed by atoms with Crippen molar-refractivity contribution in [3.8, 4) is 5.75 Å². The van der Waals surface area contributed by atoms with E-state index in [1.54, 1.807) is 45.4 Å². The quantitative estimate of drug-likeness (QED) is 0.219. The first-order chi connectivity index (χ1) is 18.8. The van der Waals surface area contributed by atoms with Crippen LogP contribution in [-0.2, 0) is 9.53 Å². The highest BCUT2D eigenvalue weighted by Gasteiger charge is 2.35. The van der Waals surface area contributed by atoms with E-state index in [4.69, 9.17) is 13.9 Å². The molecule has 9 nitrogen and oxygen atoms in total. The third-order valence-electron chi connectivity index (χ3n) is 5.86. The van der Waals surface area contributed by atoms with Crippen molar-refractivity contribution >= 4 is 51.1 Å². The maximum Gasteiger partial charge on any atom is 0.338 e. The molecular formula is C27H23BrN4O5S2. The fourth-order valence-electron chi connectivity index (χ4n) is 4.18. The maximum absolute atomic E-state index is 13.8. The number of nitrogens with zero attached hydrogens (tertiary/aromatic N) is 4. The summed E-state index contributed by atoms with van der Waals surface area (Å²) < 4.78 is 19.6. The molecule has 0 N–H and O–H groups in total. The highest BCUT2D eigenvalue weighted by atomic mass is 79.9. The van der Waals surface area contributed by atoms with Gasteiger partial charge in [-0.25, -0.2) is 19.8 Å². The van der Waals surface area contributed by atoms with Crippen LogP contribution in [0.3, 0.4) is 0 Å². The Morgan fingerprint density at radius 3 is 2.82 bits per heavy atom. The molecule has 5 rings (SSSR count). The van der Waals surface area contributed by atoms with Gasteiger partial charge in [0, 0.05) is 23.5 Å². The number of methoxy groups -OCH3 is 1. The van der Waals surface area contributed by atoms with Crippen molar-refractivity contribution < 1.29 is 18.7 Å². The number of thiazole rings is 1. The van der Waals surface area contributed by atoms with Crippen LogP contribution < -0.4 is 19.6 Å². The van der Waals surface area contributed by atoms with Gasteiger partial charge in [0.15, 0.2) is 15.1 Å². The van der Waals surface area contributed by atoms with E-state index in [0.717, 1.165) is 5.69 Å². The fraction of sp³-hybridized carbons (Fsp3) is 0.222. The molecule has 1 aromatic carbocycles. The molecule has 0 radical (unpaired) electrons. The number of para-hydroxylation sites is 1. The molecule has 0 unspecified atom stereocenters. The van der Waals surface area contributed by atoms with Gasteiger partial charge in [0.1, 0.15) is 17.6 Å². The van der Waals surface area contributed by atoms with Crippen molar-refractivity contribution in [2.24, 2.45) is 4.99 Å². The minimum absolute atomic E-state index is 0.194. The van der Waals surface area contributed by atoms with Crippen LogP contribution >= 0.6 is 39.0 Å². The van der Waals surface area contributed by atoms with Crippen molar-refractivity contribution in [1.29, 1.82) is 0 Å². The van der Waals surface area contributed by atoms with Crippen molar-refractivity contribution in [3.05, 3.63) is 95.0 Å². The minimum atomic E-state index is -0.772. The molecule has 1 aliphatic heterocycles. The highest BCUT2D eigenvalue weighted by molar-refractivity contribution is 9.10. The summed E-state index contributed by atoms with van der Waals surface area (Å²) in [5.41, 5.74) is 1.96. The van der Waals surface area contributed by atoms with Crippen LogP contribution in [-0.4, -0.2) is 34.2 Å². The summed E-state index contributed by atoms with van der Waals surface area (Å²) in [4.78, 5) is 40.7. The molecule has 0 saturated carbocycles. The lowest BCUT2D eigenvalue weighted by Crippen LogP contribution is -2.40. The number of ether oxygens (including phenoxy) is 2. The fourth-order valence-corrected chi connectivity index (χ4v) is 6.51. The van der Waals surface area contributed by atoms with Gasteiger partial charge in [-0.1, -0.05) is 29.5 Å². The summed E-state index contributed by atoms with van der Waals surface area (Å²) in [6.07, 6.45) is 3.35. The number of aromatic nitrogens is 3. The van der Waals surface area contributed by atoms with Crippen molar-refractivity contribution in [2.45, 2.75) is 37.1 Å². The van der Waals surface area contributed by atoms with Crippen LogP contribution in [0.25, 0.3) is 6.08 Å². The lowest BCUT2D eigenvalue weighted by molar-refractivity contribution is -0.139. The number of rotatable bonds is 7. The molecule has 0 bridgehead atoms. The number of benzene rings is 1. The topological polar surface area (TPSA) is 109 Å². The summed E-state index contributed by atoms with van der Waals surface area (Å²) in [6.45, 7) is 5.56. The monoisotopic (exact) mass is 626 g/mol. The van der Waals surface area contributed by atoms with E-state index in [0.29, 0.717) is 46.8 Å². The Hall–Kier alpha value is -3.48. The Balaban J connectivity index is 1.63. The zero-order valence-electron chi connectivity index (χ0n) is 21.4. The van der Waals surface area contributed by atoms with Gasteiger partial charge in [-0.05, 0) is 66.7 Å². The van der Waals surface area contributed by atoms with Crippen LogP contribution in [0, 0.1) is 6.92 Å². The van der Waals surface area contributed by atoms with E-state index in [1.807, 2.05) is 31.2 Å². The Bertz CT molecular complexity index is 1790. The van der Waals surface area contributed by atoms with Crippen molar-refractivity contribution in [2.75, 3.05) is 13.7 Å². The predicted molar refractivity (Wildman–Crippen MR) is 151 cm³/mol. The van der Waals surface area contributed by atoms with Gasteiger partial charge in [-0.3, -0.25) is 9.36 Å². The van der Waals surface area contributed by atoms with E-state index in [1.165, 1.54) is 27.7 Å². The molecule has 3 aromatic heterocycles. The number of allylic oxidation sites excluding steroid dienone is 1. The average Bonchev–Trinajstić information content (AvgIpc) is 3.40. The molecule has 4 heterocycles. The molecule has 0 spiro atoms. The van der Waals surface area contributed by atoms with Crippen LogP contribution in [0.15, 0.2) is 82.8 Å². The van der Waals surface area contributed by atoms with Crippen molar-refractivity contribution in [3.63, 3.8) is 0 Å². The summed E-state index contributed by atoms with van der Waals surface area (Å²) in [7, 11) is 1.55. The first-order valence-corrected chi connectivity index (χ1v) is 14.3.